The second kappa shape index (κ2) is 7.94. The van der Waals surface area contributed by atoms with Gasteiger partial charge in [0.2, 0.25) is 5.95 Å². The SMILES string of the molecule is c1cc(-c2ccc3n[nH]cc3c2)nc(Nc2ccc(CN3CCNCC3)cn2)n1. The maximum absolute atomic E-state index is 4.64. The van der Waals surface area contributed by atoms with Crippen LogP contribution in [0.2, 0.25) is 0 Å². The Morgan fingerprint density at radius 1 is 1.03 bits per heavy atom. The molecule has 5 rings (SSSR count). The van der Waals surface area contributed by atoms with Crippen LogP contribution < -0.4 is 10.6 Å². The highest BCUT2D eigenvalue weighted by Crippen LogP contribution is 2.23. The van der Waals surface area contributed by atoms with E-state index in [1.807, 2.05) is 36.7 Å². The Hall–Kier alpha value is -3.36. The van der Waals surface area contributed by atoms with Gasteiger partial charge in [0.15, 0.2) is 0 Å². The number of rotatable bonds is 5. The molecule has 0 atom stereocenters. The third kappa shape index (κ3) is 4.08. The van der Waals surface area contributed by atoms with Gasteiger partial charge in [-0.25, -0.2) is 15.0 Å². The van der Waals surface area contributed by atoms with Gasteiger partial charge in [-0.2, -0.15) is 5.10 Å². The molecule has 4 heterocycles. The molecule has 1 aliphatic heterocycles. The quantitative estimate of drug-likeness (QED) is 0.485. The molecule has 0 amide bonds. The topological polar surface area (TPSA) is 94.7 Å². The van der Waals surface area contributed by atoms with Crippen molar-refractivity contribution in [2.24, 2.45) is 0 Å². The average molecular weight is 386 g/mol. The number of benzene rings is 1. The van der Waals surface area contributed by atoms with Crippen molar-refractivity contribution < 1.29 is 0 Å². The van der Waals surface area contributed by atoms with Gasteiger partial charge in [-0.1, -0.05) is 12.1 Å². The lowest BCUT2D eigenvalue weighted by Crippen LogP contribution is -2.42. The van der Waals surface area contributed by atoms with Crippen LogP contribution >= 0.6 is 0 Å². The van der Waals surface area contributed by atoms with Crippen molar-refractivity contribution in [3.8, 4) is 11.3 Å². The first-order valence-electron chi connectivity index (χ1n) is 9.75. The van der Waals surface area contributed by atoms with Crippen molar-refractivity contribution >= 4 is 22.7 Å². The maximum atomic E-state index is 4.64. The number of nitrogens with zero attached hydrogens (tertiary/aromatic N) is 5. The summed E-state index contributed by atoms with van der Waals surface area (Å²) in [6, 6.07) is 12.0. The van der Waals surface area contributed by atoms with Crippen LogP contribution in [0.15, 0.2) is 55.0 Å². The predicted molar refractivity (Wildman–Crippen MR) is 113 cm³/mol. The van der Waals surface area contributed by atoms with E-state index in [0.717, 1.165) is 60.7 Å². The number of hydrogen-bond acceptors (Lipinski definition) is 7. The van der Waals surface area contributed by atoms with E-state index in [0.29, 0.717) is 5.95 Å². The smallest absolute Gasteiger partial charge is 0.228 e. The molecule has 3 N–H and O–H groups in total. The Morgan fingerprint density at radius 2 is 1.97 bits per heavy atom. The Bertz CT molecular complexity index is 1100. The summed E-state index contributed by atoms with van der Waals surface area (Å²) < 4.78 is 0. The molecule has 0 bridgehead atoms. The first kappa shape index (κ1) is 17.7. The molecule has 0 unspecified atom stereocenters. The molecule has 29 heavy (non-hydrogen) atoms. The molecule has 8 nitrogen and oxygen atoms in total. The first-order chi connectivity index (χ1) is 14.3. The number of piperazine rings is 1. The van der Waals surface area contributed by atoms with Gasteiger partial charge in [-0.3, -0.25) is 10.00 Å². The van der Waals surface area contributed by atoms with Crippen molar-refractivity contribution in [3.63, 3.8) is 0 Å². The molecule has 146 valence electrons. The Kier molecular flexibility index (Phi) is 4.85. The number of hydrogen-bond donors (Lipinski definition) is 3. The molecule has 0 aliphatic carbocycles. The third-order valence-corrected chi connectivity index (χ3v) is 5.06. The molecule has 8 heteroatoms. The molecule has 1 aromatic carbocycles. The monoisotopic (exact) mass is 386 g/mol. The lowest BCUT2D eigenvalue weighted by molar-refractivity contribution is 0.233. The largest absolute Gasteiger partial charge is 0.314 e. The predicted octanol–water partition coefficient (Wildman–Crippen LogP) is 2.56. The minimum absolute atomic E-state index is 0.525. The van der Waals surface area contributed by atoms with E-state index in [-0.39, 0.29) is 0 Å². The first-order valence-corrected chi connectivity index (χ1v) is 9.75. The Morgan fingerprint density at radius 3 is 2.83 bits per heavy atom. The Labute approximate surface area is 168 Å². The van der Waals surface area contributed by atoms with E-state index < -0.39 is 0 Å². The van der Waals surface area contributed by atoms with Crippen LogP contribution in [0.5, 0.6) is 0 Å². The number of H-pyrrole nitrogens is 1. The zero-order valence-corrected chi connectivity index (χ0v) is 16.0. The van der Waals surface area contributed by atoms with Crippen LogP contribution in [-0.2, 0) is 6.54 Å². The number of aromatic amines is 1. The molecule has 0 saturated carbocycles. The summed E-state index contributed by atoms with van der Waals surface area (Å²) in [5, 5.41) is 14.7. The second-order valence-electron chi connectivity index (χ2n) is 7.13. The van der Waals surface area contributed by atoms with Gasteiger partial charge >= 0.3 is 0 Å². The summed E-state index contributed by atoms with van der Waals surface area (Å²) in [6.45, 7) is 5.18. The fourth-order valence-electron chi connectivity index (χ4n) is 3.52. The highest BCUT2D eigenvalue weighted by atomic mass is 15.2. The summed E-state index contributed by atoms with van der Waals surface area (Å²) in [6.07, 6.45) is 5.55. The standard InChI is InChI=1S/C21H22N8/c1-4-20(24-12-15(1)14-29-9-7-22-8-10-29)27-21-23-6-5-18(26-21)16-2-3-19-17(11-16)13-25-28-19/h1-6,11-13,22H,7-10,14H2,(H,25,28)(H,23,24,26,27). The van der Waals surface area contributed by atoms with E-state index in [4.69, 9.17) is 0 Å². The highest BCUT2D eigenvalue weighted by molar-refractivity contribution is 5.83. The van der Waals surface area contributed by atoms with Crippen LogP contribution in [0.3, 0.4) is 0 Å². The molecule has 1 aliphatic rings. The van der Waals surface area contributed by atoms with Gasteiger partial charge in [-0.05, 0) is 29.8 Å². The van der Waals surface area contributed by atoms with Gasteiger partial charge in [0.05, 0.1) is 11.2 Å². The molecule has 0 spiro atoms. The zero-order chi connectivity index (χ0) is 19.5. The maximum Gasteiger partial charge on any atom is 0.228 e. The fraction of sp³-hybridized carbons (Fsp3) is 0.238. The molecule has 4 aromatic rings. The van der Waals surface area contributed by atoms with Crippen molar-refractivity contribution in [3.05, 3.63) is 60.6 Å². The summed E-state index contributed by atoms with van der Waals surface area (Å²) in [7, 11) is 0. The molecular formula is C21H22N8. The van der Waals surface area contributed by atoms with Crippen molar-refractivity contribution in [2.45, 2.75) is 6.54 Å². The number of nitrogens with one attached hydrogen (secondary N) is 3. The third-order valence-electron chi connectivity index (χ3n) is 5.06. The van der Waals surface area contributed by atoms with Crippen LogP contribution in [0.4, 0.5) is 11.8 Å². The van der Waals surface area contributed by atoms with Gasteiger partial charge < -0.3 is 10.6 Å². The number of aromatic nitrogens is 5. The average Bonchev–Trinajstić information content (AvgIpc) is 3.24. The molecule has 0 radical (unpaired) electrons. The van der Waals surface area contributed by atoms with E-state index in [9.17, 15) is 0 Å². The van der Waals surface area contributed by atoms with Gasteiger partial charge in [0.1, 0.15) is 5.82 Å². The lowest BCUT2D eigenvalue weighted by Gasteiger charge is -2.27. The van der Waals surface area contributed by atoms with Crippen molar-refractivity contribution in [2.75, 3.05) is 31.5 Å². The number of pyridine rings is 1. The molecule has 3 aromatic heterocycles. The normalized spacial score (nSPS) is 14.9. The molecule has 1 fully saturated rings. The van der Waals surface area contributed by atoms with Gasteiger partial charge in [-0.15, -0.1) is 0 Å². The number of fused-ring (bicyclic) bond motifs is 1. The fourth-order valence-corrected chi connectivity index (χ4v) is 3.52. The van der Waals surface area contributed by atoms with E-state index in [2.05, 4.69) is 52.8 Å². The minimum atomic E-state index is 0.525. The Balaban J connectivity index is 1.29. The van der Waals surface area contributed by atoms with E-state index in [1.165, 1.54) is 5.56 Å². The minimum Gasteiger partial charge on any atom is -0.314 e. The summed E-state index contributed by atoms with van der Waals surface area (Å²) >= 11 is 0. The second-order valence-corrected chi connectivity index (χ2v) is 7.13. The van der Waals surface area contributed by atoms with E-state index >= 15 is 0 Å². The summed E-state index contributed by atoms with van der Waals surface area (Å²) in [4.78, 5) is 15.9. The van der Waals surface area contributed by atoms with Crippen LogP contribution in [0.1, 0.15) is 5.56 Å². The summed E-state index contributed by atoms with van der Waals surface area (Å²) in [5.41, 5.74) is 4.01. The van der Waals surface area contributed by atoms with Crippen molar-refractivity contribution in [1.82, 2.24) is 35.4 Å². The van der Waals surface area contributed by atoms with Crippen LogP contribution in [-0.4, -0.2) is 56.2 Å². The van der Waals surface area contributed by atoms with Crippen LogP contribution in [0, 0.1) is 0 Å². The van der Waals surface area contributed by atoms with Gasteiger partial charge in [0, 0.05) is 62.3 Å². The van der Waals surface area contributed by atoms with Crippen molar-refractivity contribution in [1.29, 1.82) is 0 Å². The molecular weight excluding hydrogens is 364 g/mol. The lowest BCUT2D eigenvalue weighted by atomic mass is 10.1. The molecule has 1 saturated heterocycles. The zero-order valence-electron chi connectivity index (χ0n) is 16.0. The van der Waals surface area contributed by atoms with Gasteiger partial charge in [0.25, 0.3) is 0 Å². The van der Waals surface area contributed by atoms with E-state index in [1.54, 1.807) is 6.20 Å². The summed E-state index contributed by atoms with van der Waals surface area (Å²) in [5.74, 6) is 1.26. The highest BCUT2D eigenvalue weighted by Gasteiger charge is 2.10. The van der Waals surface area contributed by atoms with Crippen LogP contribution in [0.25, 0.3) is 22.2 Å². The number of anilines is 2.